The van der Waals surface area contributed by atoms with E-state index in [2.05, 4.69) is 135 Å². The van der Waals surface area contributed by atoms with E-state index in [1.807, 2.05) is 6.07 Å². The fraction of sp³-hybridized carbons (Fsp3) is 0.132. The van der Waals surface area contributed by atoms with Crippen molar-refractivity contribution in [1.29, 1.82) is 0 Å². The fourth-order valence-electron chi connectivity index (χ4n) is 5.72. The Bertz CT molecular complexity index is 1710. The van der Waals surface area contributed by atoms with Gasteiger partial charge in [0.1, 0.15) is 0 Å². The van der Waals surface area contributed by atoms with E-state index in [0.717, 1.165) is 22.4 Å². The monoisotopic (exact) mass is 676 g/mol. The average Bonchev–Trinajstić information content (AvgIpc) is 3.63. The molecule has 7 rings (SSSR count). The molecular weight excluding hydrogens is 647 g/mol. The van der Waals surface area contributed by atoms with Crippen molar-refractivity contribution in [3.8, 4) is 33.4 Å². The van der Waals surface area contributed by atoms with Gasteiger partial charge in [0.15, 0.2) is 0 Å². The molecule has 0 fully saturated rings. The molecule has 0 atom stereocenters. The largest absolute Gasteiger partial charge is 0.184 e. The number of hydrogen-bond donors (Lipinski definition) is 0. The molecule has 0 unspecified atom stereocenters. The van der Waals surface area contributed by atoms with Crippen LogP contribution >= 0.6 is 17.0 Å². The van der Waals surface area contributed by atoms with Crippen LogP contribution in [0.4, 0.5) is 0 Å². The first-order valence-electron chi connectivity index (χ1n) is 14.4. The minimum atomic E-state index is -0.826. The molecule has 0 saturated heterocycles. The molecule has 1 heterocycles. The number of fused-ring (bicyclic) bond motifs is 4. The summed E-state index contributed by atoms with van der Waals surface area (Å²) in [5.74, 6) is 0. The van der Waals surface area contributed by atoms with E-state index in [9.17, 15) is 0 Å². The molecule has 2 radical (unpaired) electrons. The number of aryl methyl sites for hydroxylation is 2. The van der Waals surface area contributed by atoms with E-state index in [-0.39, 0.29) is 0 Å². The molecule has 0 nitrogen and oxygen atoms in total. The molecule has 1 aliphatic heterocycles. The fourth-order valence-corrected chi connectivity index (χ4v) is 7.03. The van der Waals surface area contributed by atoms with Crippen LogP contribution in [0.1, 0.15) is 31.4 Å². The van der Waals surface area contributed by atoms with E-state index in [1.165, 1.54) is 72.1 Å². The van der Waals surface area contributed by atoms with Crippen molar-refractivity contribution in [2.24, 2.45) is 0 Å². The minimum absolute atomic E-state index is 0.795. The Balaban J connectivity index is 0.000000183. The van der Waals surface area contributed by atoms with Gasteiger partial charge in [-0.15, -0.1) is 34.0 Å². The van der Waals surface area contributed by atoms with E-state index in [4.69, 9.17) is 17.0 Å². The molecule has 0 aliphatic carbocycles. The van der Waals surface area contributed by atoms with Gasteiger partial charge in [0.05, 0.1) is 9.52 Å². The first-order valence-corrected chi connectivity index (χ1v) is 21.7. The van der Waals surface area contributed by atoms with Gasteiger partial charge in [-0.25, -0.2) is 0 Å². The maximum Gasteiger partial charge on any atom is 0.0920 e. The van der Waals surface area contributed by atoms with Crippen LogP contribution in [-0.2, 0) is 33.7 Å². The van der Waals surface area contributed by atoms with Crippen LogP contribution in [0.3, 0.4) is 0 Å². The van der Waals surface area contributed by atoms with Gasteiger partial charge in [-0.1, -0.05) is 122 Å². The smallest absolute Gasteiger partial charge is 0.0920 e. The second-order valence-electron chi connectivity index (χ2n) is 10.2. The summed E-state index contributed by atoms with van der Waals surface area (Å²) in [4.78, 5) is 0. The minimum Gasteiger partial charge on any atom is -0.184 e. The Hall–Kier alpha value is -2.61. The van der Waals surface area contributed by atoms with Crippen LogP contribution in [-0.4, -0.2) is 9.52 Å². The van der Waals surface area contributed by atoms with Crippen LogP contribution in [0, 0.1) is 6.07 Å². The first-order chi connectivity index (χ1) is 20.7. The molecule has 206 valence electrons. The van der Waals surface area contributed by atoms with Crippen molar-refractivity contribution >= 4 is 47.7 Å². The molecule has 6 aromatic rings. The zero-order valence-electron chi connectivity index (χ0n) is 23.9. The van der Waals surface area contributed by atoms with Gasteiger partial charge >= 0.3 is 37.9 Å². The maximum atomic E-state index is 4.93. The summed E-state index contributed by atoms with van der Waals surface area (Å²) in [6, 6.07) is 47.2. The normalized spacial score (nSPS) is 11.0. The average molecular weight is 679 g/mol. The molecule has 0 N–H and O–H groups in total. The van der Waals surface area contributed by atoms with Crippen LogP contribution in [0.15, 0.2) is 121 Å². The van der Waals surface area contributed by atoms with Gasteiger partial charge in [-0.05, 0) is 35.1 Å². The Labute approximate surface area is 271 Å². The van der Waals surface area contributed by atoms with E-state index in [0.29, 0.717) is 0 Å². The van der Waals surface area contributed by atoms with E-state index >= 15 is 0 Å². The van der Waals surface area contributed by atoms with Gasteiger partial charge in [-0.3, -0.25) is 0 Å². The van der Waals surface area contributed by atoms with E-state index < -0.39 is 20.8 Å². The third-order valence-corrected chi connectivity index (χ3v) is 8.94. The summed E-state index contributed by atoms with van der Waals surface area (Å²) in [6.45, 7) is 4.50. The summed E-state index contributed by atoms with van der Waals surface area (Å²) >= 11 is -0.826. The molecule has 0 bridgehead atoms. The van der Waals surface area contributed by atoms with Gasteiger partial charge in [0.25, 0.3) is 0 Å². The predicted octanol–water partition coefficient (Wildman–Crippen LogP) is 9.91. The third kappa shape index (κ3) is 6.95. The SMILES string of the molecule is CCCc1cc2c(-c3ccccc3CC)c(-c3ccccc3)ccc2[cH-]1.[Cl][Zr+2][Cl].[c-]1cccc2c1[Si]c1ccccc1-2. The quantitative estimate of drug-likeness (QED) is 0.126. The summed E-state index contributed by atoms with van der Waals surface area (Å²) in [6.07, 6.45) is 3.37. The number of rotatable bonds is 5. The molecule has 0 amide bonds. The molecule has 0 aromatic heterocycles. The van der Waals surface area contributed by atoms with Crippen molar-refractivity contribution in [1.82, 2.24) is 0 Å². The molecular formula is C38H32Cl2SiZr. The van der Waals surface area contributed by atoms with Crippen molar-refractivity contribution in [2.75, 3.05) is 0 Å². The molecule has 4 heteroatoms. The van der Waals surface area contributed by atoms with Crippen LogP contribution in [0.2, 0.25) is 0 Å². The van der Waals surface area contributed by atoms with Gasteiger partial charge < -0.3 is 0 Å². The zero-order chi connectivity index (χ0) is 29.3. The van der Waals surface area contributed by atoms with Crippen molar-refractivity contribution in [3.05, 3.63) is 139 Å². The molecule has 1 aliphatic rings. The standard InChI is InChI=1S/C26H25.C12H7Si.2ClH.Zr/c1-3-10-19-17-22-15-16-24(21-12-6-5-7-13-21)26(25(22)18-19)23-14-9-8-11-20(23)4-2;1-3-7-11-9(5-1)10-6-2-4-8-12(10)13-11;;;/h5-9,11-18H,3-4,10H2,1-2H3;1-7H;2*1H;/q2*-1;;;+4/p-2. The van der Waals surface area contributed by atoms with Gasteiger partial charge in [0, 0.05) is 0 Å². The van der Waals surface area contributed by atoms with Crippen molar-refractivity contribution < 1.29 is 20.8 Å². The molecule has 0 spiro atoms. The number of hydrogen-bond acceptors (Lipinski definition) is 0. The first kappa shape index (κ1) is 30.8. The molecule has 0 saturated carbocycles. The van der Waals surface area contributed by atoms with Crippen LogP contribution < -0.4 is 10.4 Å². The molecule has 6 aromatic carbocycles. The summed E-state index contributed by atoms with van der Waals surface area (Å²) in [5, 5.41) is 5.56. The Morgan fingerprint density at radius 1 is 0.738 bits per heavy atom. The summed E-state index contributed by atoms with van der Waals surface area (Å²) in [5.41, 5.74) is 11.0. The Morgan fingerprint density at radius 2 is 1.43 bits per heavy atom. The van der Waals surface area contributed by atoms with Crippen molar-refractivity contribution in [2.45, 2.75) is 33.1 Å². The third-order valence-electron chi connectivity index (χ3n) is 7.57. The second-order valence-corrected chi connectivity index (χ2v) is 15.2. The number of benzene rings is 5. The summed E-state index contributed by atoms with van der Waals surface area (Å²) < 4.78 is 0. The summed E-state index contributed by atoms with van der Waals surface area (Å²) in [7, 11) is 10.7. The maximum absolute atomic E-state index is 4.93. The van der Waals surface area contributed by atoms with Crippen LogP contribution in [0.5, 0.6) is 0 Å². The predicted molar refractivity (Wildman–Crippen MR) is 181 cm³/mol. The Morgan fingerprint density at radius 3 is 2.19 bits per heavy atom. The van der Waals surface area contributed by atoms with Crippen molar-refractivity contribution in [3.63, 3.8) is 0 Å². The van der Waals surface area contributed by atoms with Gasteiger partial charge in [0.2, 0.25) is 0 Å². The van der Waals surface area contributed by atoms with Crippen LogP contribution in [0.25, 0.3) is 44.2 Å². The number of halogens is 2. The van der Waals surface area contributed by atoms with E-state index in [1.54, 1.807) is 0 Å². The zero-order valence-corrected chi connectivity index (χ0v) is 28.9. The second kappa shape index (κ2) is 15.2. The Kier molecular flexibility index (Phi) is 11.2. The van der Waals surface area contributed by atoms with Gasteiger partial charge in [-0.2, -0.15) is 35.5 Å². The topological polar surface area (TPSA) is 0 Å². The molecule has 42 heavy (non-hydrogen) atoms.